The first-order valence-electron chi connectivity index (χ1n) is 6.58. The van der Waals surface area contributed by atoms with Crippen LogP contribution in [0.3, 0.4) is 0 Å². The van der Waals surface area contributed by atoms with Crippen molar-refractivity contribution in [2.75, 3.05) is 0 Å². The molecule has 1 atom stereocenters. The molecule has 1 heterocycles. The Bertz CT molecular complexity index is 640. The number of benzene rings is 1. The third-order valence-electron chi connectivity index (χ3n) is 3.14. The smallest absolute Gasteiger partial charge is 0.238 e. The lowest BCUT2D eigenvalue weighted by Crippen LogP contribution is -2.30. The molecule has 0 unspecified atom stereocenters. The van der Waals surface area contributed by atoms with Crippen LogP contribution in [-0.2, 0) is 11.8 Å². The van der Waals surface area contributed by atoms with E-state index in [1.54, 1.807) is 19.2 Å². The minimum absolute atomic E-state index is 0.0999. The monoisotopic (exact) mass is 307 g/mol. The summed E-state index contributed by atoms with van der Waals surface area (Å²) in [6, 6.07) is 6.19. The molecule has 0 bridgehead atoms. The Morgan fingerprint density at radius 1 is 1.43 bits per heavy atom. The summed E-state index contributed by atoms with van der Waals surface area (Å²) >= 11 is 1.25. The molecule has 3 rings (SSSR count). The number of tetrazole rings is 1. The van der Waals surface area contributed by atoms with E-state index in [9.17, 15) is 9.18 Å². The number of hydrogen-bond acceptors (Lipinski definition) is 5. The van der Waals surface area contributed by atoms with Gasteiger partial charge in [0.1, 0.15) is 11.1 Å². The number of nitrogens with zero attached hydrogens (tertiary/aromatic N) is 4. The van der Waals surface area contributed by atoms with Crippen LogP contribution in [-0.4, -0.2) is 32.2 Å². The summed E-state index contributed by atoms with van der Waals surface area (Å²) in [6.45, 7) is 0. The molecule has 1 fully saturated rings. The number of nitrogens with one attached hydrogen (secondary N) is 1. The molecule has 1 aromatic heterocycles. The van der Waals surface area contributed by atoms with Crippen LogP contribution in [0.4, 0.5) is 4.39 Å². The summed E-state index contributed by atoms with van der Waals surface area (Å²) in [5, 5.41) is 14.2. The van der Waals surface area contributed by atoms with Gasteiger partial charge in [-0.2, -0.15) is 0 Å². The summed E-state index contributed by atoms with van der Waals surface area (Å²) in [4.78, 5) is 12.4. The summed E-state index contributed by atoms with van der Waals surface area (Å²) in [6.07, 6.45) is 2.02. The van der Waals surface area contributed by atoms with Crippen LogP contribution < -0.4 is 5.32 Å². The first-order valence-corrected chi connectivity index (χ1v) is 7.46. The van der Waals surface area contributed by atoms with Crippen molar-refractivity contribution in [3.05, 3.63) is 35.6 Å². The summed E-state index contributed by atoms with van der Waals surface area (Å²) < 4.78 is 14.6. The highest BCUT2D eigenvalue weighted by Gasteiger charge is 2.30. The van der Waals surface area contributed by atoms with Crippen LogP contribution in [0.5, 0.6) is 0 Å². The zero-order valence-corrected chi connectivity index (χ0v) is 12.2. The Morgan fingerprint density at radius 3 is 2.71 bits per heavy atom. The topological polar surface area (TPSA) is 72.7 Å². The van der Waals surface area contributed by atoms with Crippen LogP contribution in [0.1, 0.15) is 23.7 Å². The van der Waals surface area contributed by atoms with Gasteiger partial charge in [0.25, 0.3) is 0 Å². The van der Waals surface area contributed by atoms with Gasteiger partial charge in [0.15, 0.2) is 0 Å². The molecule has 0 aliphatic heterocycles. The lowest BCUT2D eigenvalue weighted by atomic mass is 10.1. The van der Waals surface area contributed by atoms with Gasteiger partial charge in [0.2, 0.25) is 11.1 Å². The lowest BCUT2D eigenvalue weighted by molar-refractivity contribution is -0.120. The average molecular weight is 307 g/mol. The highest BCUT2D eigenvalue weighted by molar-refractivity contribution is 8.00. The van der Waals surface area contributed by atoms with Crippen molar-refractivity contribution in [3.8, 4) is 0 Å². The first-order chi connectivity index (χ1) is 10.1. The number of carbonyl (C=O) groups excluding carboxylic acids is 1. The third-order valence-corrected chi connectivity index (χ3v) is 4.42. The molecule has 110 valence electrons. The Labute approximate surface area is 125 Å². The maximum atomic E-state index is 13.1. The Hall–Kier alpha value is -1.96. The number of thioether (sulfide) groups is 1. The Kier molecular flexibility index (Phi) is 3.87. The maximum Gasteiger partial charge on any atom is 0.238 e. The predicted molar refractivity (Wildman–Crippen MR) is 75.0 cm³/mol. The fourth-order valence-corrected chi connectivity index (χ4v) is 2.79. The molecule has 21 heavy (non-hydrogen) atoms. The summed E-state index contributed by atoms with van der Waals surface area (Å²) in [5.41, 5.74) is 0.725. The van der Waals surface area contributed by atoms with Crippen molar-refractivity contribution in [2.45, 2.75) is 29.3 Å². The van der Waals surface area contributed by atoms with Crippen molar-refractivity contribution in [2.24, 2.45) is 7.05 Å². The van der Waals surface area contributed by atoms with Crippen LogP contribution in [0, 0.1) is 5.82 Å². The first kappa shape index (κ1) is 14.0. The fourth-order valence-electron chi connectivity index (χ4n) is 1.84. The van der Waals surface area contributed by atoms with Gasteiger partial charge in [-0.3, -0.25) is 4.79 Å². The van der Waals surface area contributed by atoms with E-state index in [1.165, 1.54) is 28.6 Å². The quantitative estimate of drug-likeness (QED) is 0.847. The van der Waals surface area contributed by atoms with E-state index in [-0.39, 0.29) is 17.8 Å². The molecule has 8 heteroatoms. The molecule has 1 saturated carbocycles. The molecule has 1 N–H and O–H groups in total. The second-order valence-corrected chi connectivity index (χ2v) is 5.99. The zero-order chi connectivity index (χ0) is 14.8. The van der Waals surface area contributed by atoms with Crippen LogP contribution in [0.15, 0.2) is 29.4 Å². The van der Waals surface area contributed by atoms with E-state index < -0.39 is 5.25 Å². The lowest BCUT2D eigenvalue weighted by Gasteiger charge is -2.15. The van der Waals surface area contributed by atoms with Crippen LogP contribution in [0.2, 0.25) is 0 Å². The molecule has 1 aliphatic rings. The molecule has 1 aromatic carbocycles. The SMILES string of the molecule is Cn1nnnc1S[C@@H](C(=O)NC1CC1)c1ccc(F)cc1. The number of halogens is 1. The fraction of sp³-hybridized carbons (Fsp3) is 0.385. The predicted octanol–water partition coefficient (Wildman–Crippen LogP) is 1.46. The van der Waals surface area contributed by atoms with Crippen molar-refractivity contribution in [3.63, 3.8) is 0 Å². The van der Waals surface area contributed by atoms with Gasteiger partial charge < -0.3 is 5.32 Å². The highest BCUT2D eigenvalue weighted by Crippen LogP contribution is 2.34. The second kappa shape index (κ2) is 5.80. The molecule has 6 nitrogen and oxygen atoms in total. The van der Waals surface area contributed by atoms with E-state index >= 15 is 0 Å². The van der Waals surface area contributed by atoms with E-state index in [1.807, 2.05) is 0 Å². The van der Waals surface area contributed by atoms with Crippen LogP contribution >= 0.6 is 11.8 Å². The number of rotatable bonds is 5. The standard InChI is InChI=1S/C13H14FN5OS/c1-19-13(16-17-18-19)21-11(12(20)15-10-6-7-10)8-2-4-9(14)5-3-8/h2-5,10-11H,6-7H2,1H3,(H,15,20)/t11-/m1/s1. The Morgan fingerprint density at radius 2 is 2.14 bits per heavy atom. The van der Waals surface area contributed by atoms with Crippen molar-refractivity contribution < 1.29 is 9.18 Å². The van der Waals surface area contributed by atoms with Gasteiger partial charge in [-0.25, -0.2) is 9.07 Å². The molecule has 2 aromatic rings. The van der Waals surface area contributed by atoms with Crippen molar-refractivity contribution in [1.29, 1.82) is 0 Å². The van der Waals surface area contributed by atoms with Gasteiger partial charge in [-0.05, 0) is 41.0 Å². The van der Waals surface area contributed by atoms with E-state index in [2.05, 4.69) is 20.8 Å². The number of amides is 1. The van der Waals surface area contributed by atoms with Gasteiger partial charge in [-0.15, -0.1) is 5.10 Å². The minimum atomic E-state index is -0.504. The van der Waals surface area contributed by atoms with E-state index in [0.29, 0.717) is 5.16 Å². The van der Waals surface area contributed by atoms with Crippen molar-refractivity contribution in [1.82, 2.24) is 25.5 Å². The normalized spacial score (nSPS) is 15.7. The van der Waals surface area contributed by atoms with E-state index in [4.69, 9.17) is 0 Å². The van der Waals surface area contributed by atoms with Gasteiger partial charge >= 0.3 is 0 Å². The highest BCUT2D eigenvalue weighted by atomic mass is 32.2. The molecule has 0 spiro atoms. The summed E-state index contributed by atoms with van der Waals surface area (Å²) in [5.74, 6) is -0.428. The zero-order valence-electron chi connectivity index (χ0n) is 11.4. The molecular formula is C13H14FN5OS. The van der Waals surface area contributed by atoms with Crippen LogP contribution in [0.25, 0.3) is 0 Å². The average Bonchev–Trinajstić information content (AvgIpc) is 3.18. The molecule has 0 saturated heterocycles. The number of hydrogen-bond donors (Lipinski definition) is 1. The molecule has 1 amide bonds. The third kappa shape index (κ3) is 3.38. The molecule has 0 radical (unpaired) electrons. The van der Waals surface area contributed by atoms with E-state index in [0.717, 1.165) is 18.4 Å². The maximum absolute atomic E-state index is 13.1. The molecular weight excluding hydrogens is 293 g/mol. The Balaban J connectivity index is 1.84. The number of carbonyl (C=O) groups is 1. The number of aromatic nitrogens is 4. The second-order valence-electron chi connectivity index (χ2n) is 4.92. The molecule has 1 aliphatic carbocycles. The summed E-state index contributed by atoms with van der Waals surface area (Å²) in [7, 11) is 1.71. The van der Waals surface area contributed by atoms with Gasteiger partial charge in [-0.1, -0.05) is 23.9 Å². The number of aryl methyl sites for hydroxylation is 1. The van der Waals surface area contributed by atoms with Gasteiger partial charge in [0.05, 0.1) is 0 Å². The van der Waals surface area contributed by atoms with Gasteiger partial charge in [0, 0.05) is 13.1 Å². The largest absolute Gasteiger partial charge is 0.352 e. The van der Waals surface area contributed by atoms with Crippen molar-refractivity contribution >= 4 is 17.7 Å². The minimum Gasteiger partial charge on any atom is -0.352 e.